The molecule has 4 N–H and O–H groups in total. The van der Waals surface area contributed by atoms with Gasteiger partial charge in [0, 0.05) is 48.9 Å². The molecule has 0 fully saturated rings. The van der Waals surface area contributed by atoms with Crippen molar-refractivity contribution in [1.82, 2.24) is 29.9 Å². The van der Waals surface area contributed by atoms with Crippen LogP contribution in [-0.4, -0.2) is 69.1 Å². The number of nitrogens with zero attached hydrogens (tertiary/aromatic N) is 8. The fourth-order valence-electron chi connectivity index (χ4n) is 4.70. The van der Waals surface area contributed by atoms with Crippen molar-refractivity contribution in [1.29, 1.82) is 0 Å². The molecule has 5 aromatic rings. The van der Waals surface area contributed by atoms with Gasteiger partial charge in [-0.25, -0.2) is 8.42 Å². The summed E-state index contributed by atoms with van der Waals surface area (Å²) in [5, 5.41) is 12.5. The van der Waals surface area contributed by atoms with E-state index in [0.29, 0.717) is 38.1 Å². The quantitative estimate of drug-likeness (QED) is 0.0925. The van der Waals surface area contributed by atoms with Crippen LogP contribution in [0, 0.1) is 0 Å². The minimum absolute atomic E-state index is 0. The monoisotopic (exact) mass is 692 g/mol. The molecule has 250 valence electrons. The molecule has 0 aliphatic rings. The van der Waals surface area contributed by atoms with Crippen LogP contribution >= 0.6 is 0 Å². The maximum absolute atomic E-state index is 12.3. The number of nitrogens with one attached hydrogen (secondary N) is 4. The first kappa shape index (κ1) is 37.2. The Kier molecular flexibility index (Phi) is 13.0. The van der Waals surface area contributed by atoms with E-state index in [0.717, 1.165) is 11.4 Å². The number of anilines is 10. The molecule has 17 heteroatoms. The molecule has 15 nitrogen and oxygen atoms in total. The summed E-state index contributed by atoms with van der Waals surface area (Å²) < 4.78 is 36.8. The van der Waals surface area contributed by atoms with Crippen LogP contribution in [0.25, 0.3) is 0 Å². The first-order chi connectivity index (χ1) is 23.2. The average molecular weight is 693 g/mol. The number of hydrogen-bond donors (Lipinski definition) is 4. The van der Waals surface area contributed by atoms with Crippen molar-refractivity contribution in [2.45, 2.75) is 32.6 Å². The van der Waals surface area contributed by atoms with Crippen molar-refractivity contribution in [3.8, 4) is 0 Å². The van der Waals surface area contributed by atoms with Crippen LogP contribution in [0.3, 0.4) is 0 Å². The first-order valence-electron chi connectivity index (χ1n) is 15.5. The zero-order valence-corrected chi connectivity index (χ0v) is 30.9. The summed E-state index contributed by atoms with van der Waals surface area (Å²) in [5.41, 5.74) is 2.01. The Labute approximate surface area is 308 Å². The molecule has 0 saturated carbocycles. The normalized spacial score (nSPS) is 10.9. The molecule has 0 atom stereocenters. The van der Waals surface area contributed by atoms with Gasteiger partial charge in [-0.2, -0.15) is 29.9 Å². The van der Waals surface area contributed by atoms with Gasteiger partial charge in [0.15, 0.2) is 0 Å². The van der Waals surface area contributed by atoms with E-state index in [-0.39, 0.29) is 64.7 Å². The topological polar surface area (TPSA) is 189 Å². The van der Waals surface area contributed by atoms with Crippen molar-refractivity contribution < 1.29 is 42.5 Å². The molecule has 0 bridgehead atoms. The second-order valence-corrected chi connectivity index (χ2v) is 11.7. The van der Waals surface area contributed by atoms with E-state index in [1.54, 1.807) is 6.07 Å². The minimum atomic E-state index is -4.87. The van der Waals surface area contributed by atoms with Gasteiger partial charge in [-0.05, 0) is 70.2 Å². The fraction of sp³-hybridized carbons (Fsp3) is 0.250. The molecule has 0 radical (unpaired) electrons. The zero-order valence-electron chi connectivity index (χ0n) is 28.0. The predicted molar refractivity (Wildman–Crippen MR) is 187 cm³/mol. The van der Waals surface area contributed by atoms with Crippen LogP contribution in [0.2, 0.25) is 0 Å². The van der Waals surface area contributed by atoms with Crippen molar-refractivity contribution in [2.75, 3.05) is 57.2 Å². The molecule has 3 aromatic carbocycles. The maximum Gasteiger partial charge on any atom is 1.00 e. The molecule has 0 aliphatic carbocycles. The van der Waals surface area contributed by atoms with Gasteiger partial charge in [-0.3, -0.25) is 0 Å². The summed E-state index contributed by atoms with van der Waals surface area (Å²) in [7, 11) is -4.87. The van der Waals surface area contributed by atoms with Crippen molar-refractivity contribution in [2.24, 2.45) is 0 Å². The van der Waals surface area contributed by atoms with Gasteiger partial charge in [0.25, 0.3) is 0 Å². The number of rotatable bonds is 15. The van der Waals surface area contributed by atoms with E-state index in [1.165, 1.54) is 12.1 Å². The first-order valence-corrected chi connectivity index (χ1v) is 16.9. The van der Waals surface area contributed by atoms with E-state index in [9.17, 15) is 13.0 Å². The standard InChI is InChI=1S/C32H38N12O3S.Na/c1-5-43(6-2)31-39-27(33-22-15-11-9-12-16-22)37-29(41-31)35-24-19-25(21-26(20-24)48(45,46)47)36-30-38-28(34-23-17-13-10-14-18-23)40-32(42-30)44(7-3)8-4;/h9-21H,5-8H2,1-4H3,(H,45,46,47)(H2,33,35,37,39,41)(H2,34,36,38,40,42);/q;+1/p-1. The Morgan fingerprint density at radius 2 is 0.857 bits per heavy atom. The molecule has 0 unspecified atom stereocenters. The summed E-state index contributed by atoms with van der Waals surface area (Å²) in [5.74, 6) is 1.65. The maximum atomic E-state index is 12.3. The molecule has 49 heavy (non-hydrogen) atoms. The molecular weight excluding hydrogens is 655 g/mol. The van der Waals surface area contributed by atoms with Gasteiger partial charge >= 0.3 is 29.6 Å². The largest absolute Gasteiger partial charge is 1.00 e. The van der Waals surface area contributed by atoms with Gasteiger partial charge in [0.1, 0.15) is 10.1 Å². The SMILES string of the molecule is CCN(CC)c1nc(Nc2ccccc2)nc(Nc2cc(Nc3nc(Nc4ccccc4)nc(N(CC)CC)n3)cc(S(=O)(=O)[O-])c2)n1.[Na+]. The zero-order chi connectivity index (χ0) is 34.1. The summed E-state index contributed by atoms with van der Waals surface area (Å²) in [6.07, 6.45) is 0. The second kappa shape index (κ2) is 17.2. The van der Waals surface area contributed by atoms with E-state index in [2.05, 4.69) is 51.2 Å². The second-order valence-electron chi connectivity index (χ2n) is 10.3. The van der Waals surface area contributed by atoms with Crippen LogP contribution in [0.5, 0.6) is 0 Å². The summed E-state index contributed by atoms with van der Waals surface area (Å²) in [6.45, 7) is 10.5. The van der Waals surface area contributed by atoms with Gasteiger partial charge in [-0.15, -0.1) is 0 Å². The number of para-hydroxylation sites is 2. The van der Waals surface area contributed by atoms with Gasteiger partial charge in [-0.1, -0.05) is 36.4 Å². The summed E-state index contributed by atoms with van der Waals surface area (Å²) >= 11 is 0. The molecule has 0 aliphatic heterocycles. The number of aromatic nitrogens is 6. The molecular formula is C32H37N12NaO3S. The van der Waals surface area contributed by atoms with E-state index in [1.807, 2.05) is 98.2 Å². The third-order valence-corrected chi connectivity index (χ3v) is 7.92. The van der Waals surface area contributed by atoms with Gasteiger partial charge in [0.2, 0.25) is 35.7 Å². The number of benzene rings is 3. The molecule has 0 amide bonds. The summed E-state index contributed by atoms with van der Waals surface area (Å²) in [6, 6.07) is 22.9. The smallest absolute Gasteiger partial charge is 0.744 e. The fourth-order valence-corrected chi connectivity index (χ4v) is 5.24. The Hall–Kier alpha value is -4.61. The van der Waals surface area contributed by atoms with Crippen LogP contribution in [-0.2, 0) is 10.1 Å². The van der Waals surface area contributed by atoms with Crippen LogP contribution < -0.4 is 60.6 Å². The van der Waals surface area contributed by atoms with Crippen molar-refractivity contribution in [3.05, 3.63) is 78.9 Å². The van der Waals surface area contributed by atoms with Gasteiger partial charge < -0.3 is 35.6 Å². The van der Waals surface area contributed by atoms with Gasteiger partial charge in [0.05, 0.1) is 4.90 Å². The minimum Gasteiger partial charge on any atom is -0.744 e. The molecule has 2 heterocycles. The third kappa shape index (κ3) is 10.2. The Balaban J connectivity index is 0.00000541. The Morgan fingerprint density at radius 1 is 0.531 bits per heavy atom. The molecule has 0 spiro atoms. The van der Waals surface area contributed by atoms with E-state index >= 15 is 0 Å². The van der Waals surface area contributed by atoms with Crippen molar-refractivity contribution in [3.63, 3.8) is 0 Å². The van der Waals surface area contributed by atoms with Crippen LogP contribution in [0.15, 0.2) is 83.8 Å². The van der Waals surface area contributed by atoms with Crippen LogP contribution in [0.4, 0.5) is 58.4 Å². The molecule has 2 aromatic heterocycles. The average Bonchev–Trinajstić information content (AvgIpc) is 3.06. The van der Waals surface area contributed by atoms with Crippen molar-refractivity contribution >= 4 is 68.6 Å². The Morgan fingerprint density at radius 3 is 1.16 bits per heavy atom. The van der Waals surface area contributed by atoms with E-state index < -0.39 is 15.0 Å². The number of hydrogen-bond acceptors (Lipinski definition) is 15. The van der Waals surface area contributed by atoms with E-state index in [4.69, 9.17) is 0 Å². The summed E-state index contributed by atoms with van der Waals surface area (Å²) in [4.78, 5) is 30.8. The van der Waals surface area contributed by atoms with Crippen LogP contribution in [0.1, 0.15) is 27.7 Å². The predicted octanol–water partition coefficient (Wildman–Crippen LogP) is 2.63. The Bertz CT molecular complexity index is 1810. The third-order valence-electron chi connectivity index (χ3n) is 7.11. The molecule has 5 rings (SSSR count). The molecule has 0 saturated heterocycles.